The minimum Gasteiger partial charge on any atom is -0.335 e. The van der Waals surface area contributed by atoms with Crippen molar-refractivity contribution in [2.24, 2.45) is 0 Å². The van der Waals surface area contributed by atoms with Crippen molar-refractivity contribution in [3.8, 4) is 0 Å². The highest BCUT2D eigenvalue weighted by Crippen LogP contribution is 2.26. The third-order valence-electron chi connectivity index (χ3n) is 4.47. The maximum atomic E-state index is 12.9. The molecule has 11 heteroatoms. The molecule has 1 fully saturated rings. The highest BCUT2D eigenvalue weighted by molar-refractivity contribution is 7.89. The number of nitro benzene ring substituents is 1. The lowest BCUT2D eigenvalue weighted by Gasteiger charge is -2.34. The van der Waals surface area contributed by atoms with Crippen molar-refractivity contribution >= 4 is 33.0 Å². The maximum Gasteiger partial charge on any atom is 0.270 e. The topological polar surface area (TPSA) is 114 Å². The van der Waals surface area contributed by atoms with Crippen LogP contribution in [0.3, 0.4) is 0 Å². The van der Waals surface area contributed by atoms with E-state index in [2.05, 4.69) is 4.98 Å². The predicted molar refractivity (Wildman–Crippen MR) is 99.3 cm³/mol. The fraction of sp³-hybridized carbons (Fsp3) is 0.375. The Morgan fingerprint density at radius 3 is 2.44 bits per heavy atom. The summed E-state index contributed by atoms with van der Waals surface area (Å²) in [5, 5.41) is 11.0. The van der Waals surface area contributed by atoms with Crippen LogP contribution in [0.4, 0.5) is 5.69 Å². The van der Waals surface area contributed by atoms with Gasteiger partial charge in [0.2, 0.25) is 10.0 Å². The minimum absolute atomic E-state index is 0.0743. The maximum absolute atomic E-state index is 12.9. The zero-order valence-corrected chi connectivity index (χ0v) is 16.4. The molecule has 1 aliphatic rings. The van der Waals surface area contributed by atoms with E-state index in [1.54, 1.807) is 24.3 Å². The number of nitro groups is 1. The number of benzene rings is 1. The zero-order valence-electron chi connectivity index (χ0n) is 14.8. The number of carbonyl (C=O) groups is 1. The molecule has 2 aromatic rings. The Labute approximate surface area is 160 Å². The molecule has 0 saturated carbocycles. The molecule has 0 N–H and O–H groups in total. The number of rotatable bonds is 4. The van der Waals surface area contributed by atoms with E-state index in [-0.39, 0.29) is 42.7 Å². The van der Waals surface area contributed by atoms with E-state index in [9.17, 15) is 23.3 Å². The number of amides is 1. The number of hydrogen-bond acceptors (Lipinski definition) is 7. The quantitative estimate of drug-likeness (QED) is 0.561. The highest BCUT2D eigenvalue weighted by atomic mass is 32.2. The molecule has 0 radical (unpaired) electrons. The number of aromatic nitrogens is 1. The van der Waals surface area contributed by atoms with Crippen LogP contribution >= 0.6 is 11.3 Å². The van der Waals surface area contributed by atoms with Crippen LogP contribution in [0.5, 0.6) is 0 Å². The van der Waals surface area contributed by atoms with Gasteiger partial charge in [0, 0.05) is 38.3 Å². The van der Waals surface area contributed by atoms with Crippen molar-refractivity contribution in [3.63, 3.8) is 0 Å². The van der Waals surface area contributed by atoms with Crippen molar-refractivity contribution in [3.05, 3.63) is 50.0 Å². The molecule has 2 heterocycles. The second-order valence-corrected chi connectivity index (χ2v) is 8.93. The van der Waals surface area contributed by atoms with Crippen LogP contribution in [-0.4, -0.2) is 59.6 Å². The molecule has 0 bridgehead atoms. The monoisotopic (exact) mass is 410 g/mol. The first kappa shape index (κ1) is 19.4. The number of non-ortho nitro benzene ring substituents is 1. The number of aryl methyl sites for hydroxylation is 2. The number of nitrogens with zero attached hydrogens (tertiary/aromatic N) is 4. The Balaban J connectivity index is 1.77. The summed E-state index contributed by atoms with van der Waals surface area (Å²) < 4.78 is 27.1. The van der Waals surface area contributed by atoms with E-state index in [1.165, 1.54) is 27.8 Å². The lowest BCUT2D eigenvalue weighted by molar-refractivity contribution is -0.385. The van der Waals surface area contributed by atoms with E-state index in [0.29, 0.717) is 16.1 Å². The van der Waals surface area contributed by atoms with E-state index in [0.717, 1.165) is 6.07 Å². The number of thiazole rings is 1. The Kier molecular flexibility index (Phi) is 5.27. The zero-order chi connectivity index (χ0) is 19.8. The lowest BCUT2D eigenvalue weighted by Crippen LogP contribution is -2.50. The van der Waals surface area contributed by atoms with Crippen LogP contribution in [-0.2, 0) is 10.0 Å². The van der Waals surface area contributed by atoms with Gasteiger partial charge in [-0.2, -0.15) is 4.31 Å². The van der Waals surface area contributed by atoms with Crippen LogP contribution < -0.4 is 0 Å². The van der Waals surface area contributed by atoms with Gasteiger partial charge in [-0.3, -0.25) is 14.9 Å². The summed E-state index contributed by atoms with van der Waals surface area (Å²) in [6.45, 7) is 4.13. The van der Waals surface area contributed by atoms with Gasteiger partial charge in [-0.05, 0) is 19.4 Å². The smallest absolute Gasteiger partial charge is 0.270 e. The third-order valence-corrected chi connectivity index (χ3v) is 7.42. The van der Waals surface area contributed by atoms with Crippen molar-refractivity contribution in [2.75, 3.05) is 26.2 Å². The van der Waals surface area contributed by atoms with Crippen molar-refractivity contribution in [1.82, 2.24) is 14.2 Å². The van der Waals surface area contributed by atoms with E-state index >= 15 is 0 Å². The first-order chi connectivity index (χ1) is 12.7. The molecule has 27 heavy (non-hydrogen) atoms. The molecule has 0 atom stereocenters. The number of piperazine rings is 1. The standard InChI is InChI=1S/C16H18N4O5S2/c1-11-3-4-13(20(22)23)9-14(11)27(24,25)19-7-5-18(6-8-19)16(21)15-12(2)17-10-26-15/h3-4,9-10H,5-8H2,1-2H3. The Morgan fingerprint density at radius 1 is 1.22 bits per heavy atom. The summed E-state index contributed by atoms with van der Waals surface area (Å²) in [5.41, 5.74) is 2.44. The Hall–Kier alpha value is -2.37. The molecule has 1 aliphatic heterocycles. The van der Waals surface area contributed by atoms with Gasteiger partial charge < -0.3 is 4.90 Å². The molecule has 1 aromatic heterocycles. The van der Waals surface area contributed by atoms with Gasteiger partial charge in [-0.1, -0.05) is 6.07 Å². The van der Waals surface area contributed by atoms with Gasteiger partial charge in [-0.25, -0.2) is 13.4 Å². The molecular formula is C16H18N4O5S2. The second-order valence-electron chi connectivity index (χ2n) is 6.17. The fourth-order valence-corrected chi connectivity index (χ4v) is 5.34. The molecule has 0 spiro atoms. The predicted octanol–water partition coefficient (Wildman–Crippen LogP) is 1.81. The molecule has 0 aliphatic carbocycles. The number of carbonyl (C=O) groups excluding carboxylic acids is 1. The Bertz CT molecular complexity index is 994. The first-order valence-corrected chi connectivity index (χ1v) is 10.5. The molecule has 144 valence electrons. The third kappa shape index (κ3) is 3.70. The van der Waals surface area contributed by atoms with Crippen LogP contribution in [0, 0.1) is 24.0 Å². The van der Waals surface area contributed by atoms with Gasteiger partial charge in [0.25, 0.3) is 11.6 Å². The number of sulfonamides is 1. The largest absolute Gasteiger partial charge is 0.335 e. The normalized spacial score (nSPS) is 15.7. The average Bonchev–Trinajstić information content (AvgIpc) is 3.07. The van der Waals surface area contributed by atoms with Gasteiger partial charge in [-0.15, -0.1) is 11.3 Å². The summed E-state index contributed by atoms with van der Waals surface area (Å²) >= 11 is 1.26. The summed E-state index contributed by atoms with van der Waals surface area (Å²) in [5.74, 6) is -0.154. The molecule has 9 nitrogen and oxygen atoms in total. The Morgan fingerprint density at radius 2 is 1.89 bits per heavy atom. The van der Waals surface area contributed by atoms with Crippen molar-refractivity contribution in [2.45, 2.75) is 18.7 Å². The molecule has 0 unspecified atom stereocenters. The van der Waals surface area contributed by atoms with Gasteiger partial charge in [0.15, 0.2) is 0 Å². The summed E-state index contributed by atoms with van der Waals surface area (Å²) in [6, 6.07) is 3.79. The molecule has 1 amide bonds. The first-order valence-electron chi connectivity index (χ1n) is 8.16. The van der Waals surface area contributed by atoms with Crippen molar-refractivity contribution < 1.29 is 18.1 Å². The van der Waals surface area contributed by atoms with Crippen LogP contribution in [0.25, 0.3) is 0 Å². The summed E-state index contributed by atoms with van der Waals surface area (Å²) in [4.78, 5) is 29.0. The molecular weight excluding hydrogens is 392 g/mol. The molecule has 3 rings (SSSR count). The van der Waals surface area contributed by atoms with E-state index in [1.807, 2.05) is 0 Å². The minimum atomic E-state index is -3.88. The van der Waals surface area contributed by atoms with E-state index < -0.39 is 14.9 Å². The number of hydrogen-bond donors (Lipinski definition) is 0. The van der Waals surface area contributed by atoms with E-state index in [4.69, 9.17) is 0 Å². The molecule has 1 saturated heterocycles. The summed E-state index contributed by atoms with van der Waals surface area (Å²) in [6.07, 6.45) is 0. The van der Waals surface area contributed by atoms with Gasteiger partial charge in [0.1, 0.15) is 4.88 Å². The second kappa shape index (κ2) is 7.33. The highest BCUT2D eigenvalue weighted by Gasteiger charge is 2.32. The van der Waals surface area contributed by atoms with Gasteiger partial charge >= 0.3 is 0 Å². The summed E-state index contributed by atoms with van der Waals surface area (Å²) in [7, 11) is -3.88. The van der Waals surface area contributed by atoms with Crippen LogP contribution in [0.2, 0.25) is 0 Å². The van der Waals surface area contributed by atoms with Gasteiger partial charge in [0.05, 0.1) is 21.0 Å². The average molecular weight is 410 g/mol. The SMILES string of the molecule is Cc1ccc([N+](=O)[O-])cc1S(=O)(=O)N1CCN(C(=O)c2scnc2C)CC1. The fourth-order valence-electron chi connectivity index (χ4n) is 2.90. The van der Waals surface area contributed by atoms with Crippen LogP contribution in [0.15, 0.2) is 28.6 Å². The van der Waals surface area contributed by atoms with Crippen LogP contribution in [0.1, 0.15) is 20.9 Å². The molecule has 1 aromatic carbocycles. The lowest BCUT2D eigenvalue weighted by atomic mass is 10.2. The van der Waals surface area contributed by atoms with Crippen molar-refractivity contribution in [1.29, 1.82) is 0 Å².